The van der Waals surface area contributed by atoms with Gasteiger partial charge in [0.25, 0.3) is 0 Å². The summed E-state index contributed by atoms with van der Waals surface area (Å²) in [4.78, 5) is 12.8. The number of carbonyl (C=O) groups excluding carboxylic acids is 1. The molecule has 1 aliphatic carbocycles. The molecule has 1 aliphatic heterocycles. The highest BCUT2D eigenvalue weighted by atomic mass is 16.2. The fourth-order valence-electron chi connectivity index (χ4n) is 3.99. The summed E-state index contributed by atoms with van der Waals surface area (Å²) >= 11 is 0. The van der Waals surface area contributed by atoms with Crippen molar-refractivity contribution in [1.29, 1.82) is 0 Å². The van der Waals surface area contributed by atoms with E-state index in [1.54, 1.807) is 0 Å². The maximum absolute atomic E-state index is 12.8. The molecule has 0 radical (unpaired) electrons. The molecule has 3 heteroatoms. The van der Waals surface area contributed by atoms with E-state index in [4.69, 9.17) is 0 Å². The van der Waals surface area contributed by atoms with Crippen LogP contribution < -0.4 is 10.6 Å². The number of aryl methyl sites for hydroxylation is 2. The quantitative estimate of drug-likeness (QED) is 0.869. The molecule has 3 rings (SSSR count). The number of amides is 1. The number of carbonyl (C=O) groups is 1. The lowest BCUT2D eigenvalue weighted by atomic mass is 9.67. The number of rotatable bonds is 2. The van der Waals surface area contributed by atoms with E-state index in [9.17, 15) is 4.79 Å². The third kappa shape index (κ3) is 2.35. The predicted molar refractivity (Wildman–Crippen MR) is 81.8 cm³/mol. The molecule has 1 amide bonds. The van der Waals surface area contributed by atoms with Crippen LogP contribution in [0.4, 0.5) is 5.69 Å². The Morgan fingerprint density at radius 3 is 2.75 bits per heavy atom. The summed E-state index contributed by atoms with van der Waals surface area (Å²) in [7, 11) is 0. The lowest BCUT2D eigenvalue weighted by Gasteiger charge is -2.37. The van der Waals surface area contributed by atoms with Gasteiger partial charge in [-0.2, -0.15) is 0 Å². The van der Waals surface area contributed by atoms with Gasteiger partial charge in [0.1, 0.15) is 0 Å². The summed E-state index contributed by atoms with van der Waals surface area (Å²) in [6.45, 7) is 5.98. The Hall–Kier alpha value is -1.35. The van der Waals surface area contributed by atoms with Crippen molar-refractivity contribution in [3.05, 3.63) is 29.3 Å². The maximum atomic E-state index is 12.8. The molecule has 0 spiro atoms. The minimum atomic E-state index is -0.171. The highest BCUT2D eigenvalue weighted by molar-refractivity contribution is 5.96. The molecule has 2 N–H and O–H groups in total. The van der Waals surface area contributed by atoms with E-state index in [1.807, 2.05) is 0 Å². The molecule has 3 nitrogen and oxygen atoms in total. The SMILES string of the molecule is Cc1cc(C)cc(NC(=O)[C@@]23CCCC[C@H]2CNC3)c1. The number of hydrogen-bond acceptors (Lipinski definition) is 2. The van der Waals surface area contributed by atoms with Crippen molar-refractivity contribution in [3.63, 3.8) is 0 Å². The molecule has 0 aromatic heterocycles. The topological polar surface area (TPSA) is 41.1 Å². The van der Waals surface area contributed by atoms with E-state index >= 15 is 0 Å². The summed E-state index contributed by atoms with van der Waals surface area (Å²) in [5.74, 6) is 0.736. The molecule has 2 aliphatic rings. The highest BCUT2D eigenvalue weighted by Gasteiger charge is 2.49. The summed E-state index contributed by atoms with van der Waals surface area (Å²) in [5, 5.41) is 6.61. The first kappa shape index (κ1) is 13.6. The molecule has 1 saturated carbocycles. The molecule has 0 bridgehead atoms. The van der Waals surface area contributed by atoms with Crippen LogP contribution in [0.3, 0.4) is 0 Å². The van der Waals surface area contributed by atoms with E-state index < -0.39 is 0 Å². The molecule has 2 atom stereocenters. The van der Waals surface area contributed by atoms with Crippen LogP contribution in [-0.2, 0) is 4.79 Å². The third-order valence-corrected chi connectivity index (χ3v) is 4.97. The lowest BCUT2D eigenvalue weighted by molar-refractivity contribution is -0.128. The average Bonchev–Trinajstić information content (AvgIpc) is 2.82. The van der Waals surface area contributed by atoms with Crippen molar-refractivity contribution in [2.75, 3.05) is 18.4 Å². The van der Waals surface area contributed by atoms with Crippen LogP contribution in [0.15, 0.2) is 18.2 Å². The third-order valence-electron chi connectivity index (χ3n) is 4.97. The van der Waals surface area contributed by atoms with Gasteiger partial charge in [-0.1, -0.05) is 18.9 Å². The molecule has 0 unspecified atom stereocenters. The van der Waals surface area contributed by atoms with Crippen molar-refractivity contribution < 1.29 is 4.79 Å². The second-order valence-electron chi connectivity index (χ2n) is 6.56. The molecule has 1 saturated heterocycles. The number of nitrogens with one attached hydrogen (secondary N) is 2. The van der Waals surface area contributed by atoms with Gasteiger partial charge >= 0.3 is 0 Å². The smallest absolute Gasteiger partial charge is 0.232 e. The first-order valence-electron chi connectivity index (χ1n) is 7.71. The standard InChI is InChI=1S/C17H24N2O/c1-12-7-13(2)9-15(8-12)19-16(20)17-6-4-3-5-14(17)10-18-11-17/h7-9,14,18H,3-6,10-11H2,1-2H3,(H,19,20)/t14-,17+/m0/s1. The van der Waals surface area contributed by atoms with Gasteiger partial charge in [0, 0.05) is 12.2 Å². The summed E-state index contributed by atoms with van der Waals surface area (Å²) < 4.78 is 0. The van der Waals surface area contributed by atoms with E-state index in [1.165, 1.54) is 30.4 Å². The molecule has 1 aromatic rings. The highest BCUT2D eigenvalue weighted by Crippen LogP contribution is 2.44. The van der Waals surface area contributed by atoms with E-state index in [-0.39, 0.29) is 11.3 Å². The maximum Gasteiger partial charge on any atom is 0.232 e. The fourth-order valence-corrected chi connectivity index (χ4v) is 3.99. The van der Waals surface area contributed by atoms with Crippen LogP contribution in [0.5, 0.6) is 0 Å². The van der Waals surface area contributed by atoms with Gasteiger partial charge in [-0.3, -0.25) is 4.79 Å². The van der Waals surface area contributed by atoms with Gasteiger partial charge in [0.2, 0.25) is 5.91 Å². The summed E-state index contributed by atoms with van der Waals surface area (Å²) in [6, 6.07) is 6.25. The van der Waals surface area contributed by atoms with E-state index in [0.717, 1.165) is 25.2 Å². The molecule has 108 valence electrons. The van der Waals surface area contributed by atoms with E-state index in [0.29, 0.717) is 5.92 Å². The normalized spacial score (nSPS) is 29.0. The zero-order chi connectivity index (χ0) is 14.2. The zero-order valence-electron chi connectivity index (χ0n) is 12.5. The number of benzene rings is 1. The molecular formula is C17H24N2O. The van der Waals surface area contributed by atoms with Crippen LogP contribution in [0.1, 0.15) is 36.8 Å². The average molecular weight is 272 g/mol. The van der Waals surface area contributed by atoms with Crippen LogP contribution in [-0.4, -0.2) is 19.0 Å². The van der Waals surface area contributed by atoms with Crippen molar-refractivity contribution in [2.45, 2.75) is 39.5 Å². The first-order chi connectivity index (χ1) is 9.60. The lowest BCUT2D eigenvalue weighted by Crippen LogP contribution is -2.44. The van der Waals surface area contributed by atoms with Gasteiger partial charge in [0.05, 0.1) is 5.41 Å². The van der Waals surface area contributed by atoms with Crippen molar-refractivity contribution in [1.82, 2.24) is 5.32 Å². The Morgan fingerprint density at radius 1 is 1.25 bits per heavy atom. The minimum absolute atomic E-state index is 0.171. The Kier molecular flexibility index (Phi) is 3.55. The van der Waals surface area contributed by atoms with Gasteiger partial charge in [0.15, 0.2) is 0 Å². The largest absolute Gasteiger partial charge is 0.326 e. The zero-order valence-corrected chi connectivity index (χ0v) is 12.5. The van der Waals surface area contributed by atoms with Crippen LogP contribution in [0.2, 0.25) is 0 Å². The second kappa shape index (κ2) is 5.21. The minimum Gasteiger partial charge on any atom is -0.326 e. The Balaban J connectivity index is 1.81. The Morgan fingerprint density at radius 2 is 2.00 bits per heavy atom. The van der Waals surface area contributed by atoms with Crippen LogP contribution >= 0.6 is 0 Å². The number of anilines is 1. The number of hydrogen-bond donors (Lipinski definition) is 2. The van der Waals surface area contributed by atoms with Crippen LogP contribution in [0.25, 0.3) is 0 Å². The summed E-state index contributed by atoms with van der Waals surface area (Å²) in [6.07, 6.45) is 4.66. The second-order valence-corrected chi connectivity index (χ2v) is 6.56. The number of fused-ring (bicyclic) bond motifs is 1. The van der Waals surface area contributed by atoms with Crippen molar-refractivity contribution in [2.24, 2.45) is 11.3 Å². The van der Waals surface area contributed by atoms with Gasteiger partial charge in [-0.25, -0.2) is 0 Å². The molecule has 1 heterocycles. The fraction of sp³-hybridized carbons (Fsp3) is 0.588. The van der Waals surface area contributed by atoms with E-state index in [2.05, 4.69) is 42.7 Å². The van der Waals surface area contributed by atoms with Gasteiger partial charge in [-0.15, -0.1) is 0 Å². The molecule has 2 fully saturated rings. The van der Waals surface area contributed by atoms with Crippen molar-refractivity contribution >= 4 is 11.6 Å². The van der Waals surface area contributed by atoms with Gasteiger partial charge < -0.3 is 10.6 Å². The molecule has 20 heavy (non-hydrogen) atoms. The molecular weight excluding hydrogens is 248 g/mol. The Labute approximate surface area is 121 Å². The van der Waals surface area contributed by atoms with Gasteiger partial charge in [-0.05, 0) is 62.4 Å². The Bertz CT molecular complexity index is 505. The monoisotopic (exact) mass is 272 g/mol. The summed E-state index contributed by atoms with van der Waals surface area (Å²) in [5.41, 5.74) is 3.17. The molecule has 1 aromatic carbocycles. The predicted octanol–water partition coefficient (Wildman–Crippen LogP) is 3.02. The first-order valence-corrected chi connectivity index (χ1v) is 7.71. The van der Waals surface area contributed by atoms with Crippen LogP contribution in [0, 0.1) is 25.2 Å². The van der Waals surface area contributed by atoms with Crippen molar-refractivity contribution in [3.8, 4) is 0 Å².